The number of carbonyl (C=O) groups is 2. The normalized spacial score (nSPS) is 22.5. The highest BCUT2D eigenvalue weighted by molar-refractivity contribution is 5.96. The number of pyridine rings is 1. The Balaban J connectivity index is 2.33. The van der Waals surface area contributed by atoms with Gasteiger partial charge in [-0.15, -0.1) is 0 Å². The minimum absolute atomic E-state index is 0.0230. The summed E-state index contributed by atoms with van der Waals surface area (Å²) >= 11 is 0. The number of aliphatic hydroxyl groups excluding tert-OH is 1. The Hall–Kier alpha value is -2.15. The van der Waals surface area contributed by atoms with Gasteiger partial charge < -0.3 is 20.1 Å². The zero-order chi connectivity index (χ0) is 14.2. The maximum absolute atomic E-state index is 12.2. The van der Waals surface area contributed by atoms with Crippen LogP contribution in [0, 0.1) is 6.92 Å². The molecule has 0 aromatic carbocycles. The van der Waals surface area contributed by atoms with Crippen LogP contribution in [0.5, 0.6) is 0 Å². The van der Waals surface area contributed by atoms with Crippen molar-refractivity contribution in [1.29, 1.82) is 0 Å². The van der Waals surface area contributed by atoms with Crippen LogP contribution in [0.3, 0.4) is 0 Å². The van der Waals surface area contributed by atoms with Gasteiger partial charge in [-0.3, -0.25) is 9.59 Å². The molecular formula is C12H14N2O5. The Morgan fingerprint density at radius 1 is 1.42 bits per heavy atom. The number of aromatic amines is 1. The molecule has 0 saturated carbocycles. The number of aromatic nitrogens is 1. The molecule has 1 aliphatic rings. The summed E-state index contributed by atoms with van der Waals surface area (Å²) in [5, 5.41) is 18.5. The monoisotopic (exact) mass is 266 g/mol. The van der Waals surface area contributed by atoms with Crippen molar-refractivity contribution in [2.75, 3.05) is 6.54 Å². The SMILES string of the molecule is Cc1ccc(C(=O)N2C[C@H](O)C[C@@H]2C(=O)O)c(=O)[nH]1. The number of nitrogens with one attached hydrogen (secondary N) is 1. The average Bonchev–Trinajstić information content (AvgIpc) is 2.70. The molecular weight excluding hydrogens is 252 g/mol. The Bertz CT molecular complexity index is 580. The number of aliphatic carboxylic acids is 1. The largest absolute Gasteiger partial charge is 0.480 e. The smallest absolute Gasteiger partial charge is 0.326 e. The fraction of sp³-hybridized carbons (Fsp3) is 0.417. The molecule has 0 unspecified atom stereocenters. The van der Waals surface area contributed by atoms with E-state index in [1.54, 1.807) is 13.0 Å². The van der Waals surface area contributed by atoms with E-state index in [0.717, 1.165) is 4.90 Å². The van der Waals surface area contributed by atoms with Crippen LogP contribution in [0.2, 0.25) is 0 Å². The van der Waals surface area contributed by atoms with Crippen molar-refractivity contribution in [3.8, 4) is 0 Å². The first-order valence-electron chi connectivity index (χ1n) is 5.82. The third-order valence-corrected chi connectivity index (χ3v) is 3.11. The Morgan fingerprint density at radius 3 is 2.68 bits per heavy atom. The molecule has 2 heterocycles. The summed E-state index contributed by atoms with van der Waals surface area (Å²) in [4.78, 5) is 38.4. The number of nitrogens with zero attached hydrogens (tertiary/aromatic N) is 1. The second-order valence-electron chi connectivity index (χ2n) is 4.59. The topological polar surface area (TPSA) is 111 Å². The van der Waals surface area contributed by atoms with Crippen molar-refractivity contribution in [2.45, 2.75) is 25.5 Å². The number of aliphatic hydroxyl groups is 1. The number of hydrogen-bond donors (Lipinski definition) is 3. The number of β-amino-alcohol motifs (C(OH)–C–C–N with tert-alkyl or cyclic N) is 1. The average molecular weight is 266 g/mol. The molecule has 0 aliphatic carbocycles. The van der Waals surface area contributed by atoms with Crippen molar-refractivity contribution >= 4 is 11.9 Å². The number of likely N-dealkylation sites (tertiary alicyclic amines) is 1. The first kappa shape index (κ1) is 13.3. The van der Waals surface area contributed by atoms with Crippen molar-refractivity contribution in [3.05, 3.63) is 33.7 Å². The molecule has 3 N–H and O–H groups in total. The maximum Gasteiger partial charge on any atom is 0.326 e. The molecule has 7 heteroatoms. The second-order valence-corrected chi connectivity index (χ2v) is 4.59. The van der Waals surface area contributed by atoms with Gasteiger partial charge in [-0.05, 0) is 19.1 Å². The molecule has 1 aliphatic heterocycles. The molecule has 1 aromatic rings. The molecule has 19 heavy (non-hydrogen) atoms. The standard InChI is InChI=1S/C12H14N2O5/c1-6-2-3-8(10(16)13-6)11(17)14-5-7(15)4-9(14)12(18)19/h2-3,7,9,15H,4-5H2,1H3,(H,13,16)(H,18,19)/t7-,9-/m1/s1. The third-order valence-electron chi connectivity index (χ3n) is 3.11. The summed E-state index contributed by atoms with van der Waals surface area (Å²) in [6.07, 6.45) is -0.903. The fourth-order valence-electron chi connectivity index (χ4n) is 2.17. The van der Waals surface area contributed by atoms with E-state index < -0.39 is 29.6 Å². The highest BCUT2D eigenvalue weighted by atomic mass is 16.4. The molecule has 0 radical (unpaired) electrons. The number of carboxylic acid groups (broad SMARTS) is 1. The third kappa shape index (κ3) is 2.50. The van der Waals surface area contributed by atoms with E-state index in [2.05, 4.69) is 4.98 Å². The number of H-pyrrole nitrogens is 1. The van der Waals surface area contributed by atoms with Crippen LogP contribution in [0.25, 0.3) is 0 Å². The van der Waals surface area contributed by atoms with Gasteiger partial charge in [0.1, 0.15) is 11.6 Å². The molecule has 2 rings (SSSR count). The van der Waals surface area contributed by atoms with Gasteiger partial charge >= 0.3 is 5.97 Å². The van der Waals surface area contributed by atoms with Gasteiger partial charge in [0.15, 0.2) is 0 Å². The van der Waals surface area contributed by atoms with Crippen molar-refractivity contribution in [1.82, 2.24) is 9.88 Å². The lowest BCUT2D eigenvalue weighted by atomic mass is 10.2. The quantitative estimate of drug-likeness (QED) is 0.658. The summed E-state index contributed by atoms with van der Waals surface area (Å²) in [5.41, 5.74) is -0.0701. The minimum atomic E-state index is -1.19. The second kappa shape index (κ2) is 4.85. The van der Waals surface area contributed by atoms with Crippen LogP contribution in [0.1, 0.15) is 22.5 Å². The van der Waals surface area contributed by atoms with E-state index in [1.807, 2.05) is 0 Å². The Morgan fingerprint density at radius 2 is 2.11 bits per heavy atom. The lowest BCUT2D eigenvalue weighted by Gasteiger charge is -2.20. The van der Waals surface area contributed by atoms with Gasteiger partial charge in [0.2, 0.25) is 0 Å². The molecule has 2 atom stereocenters. The van der Waals surface area contributed by atoms with Gasteiger partial charge in [-0.2, -0.15) is 0 Å². The zero-order valence-electron chi connectivity index (χ0n) is 10.3. The lowest BCUT2D eigenvalue weighted by molar-refractivity contribution is -0.141. The van der Waals surface area contributed by atoms with Crippen LogP contribution >= 0.6 is 0 Å². The number of hydrogen-bond acceptors (Lipinski definition) is 4. The summed E-state index contributed by atoms with van der Waals surface area (Å²) < 4.78 is 0. The summed E-state index contributed by atoms with van der Waals surface area (Å²) in [6.45, 7) is 1.60. The first-order valence-corrected chi connectivity index (χ1v) is 5.82. The number of aryl methyl sites for hydroxylation is 1. The predicted molar refractivity (Wildman–Crippen MR) is 64.9 cm³/mol. The van der Waals surface area contributed by atoms with Crippen molar-refractivity contribution in [3.63, 3.8) is 0 Å². The Labute approximate surface area is 108 Å². The van der Waals surface area contributed by atoms with Gasteiger partial charge in [0.25, 0.3) is 11.5 Å². The summed E-state index contributed by atoms with van der Waals surface area (Å²) in [6, 6.07) is 1.83. The fourth-order valence-corrected chi connectivity index (χ4v) is 2.17. The highest BCUT2D eigenvalue weighted by Crippen LogP contribution is 2.20. The van der Waals surface area contributed by atoms with Crippen LogP contribution < -0.4 is 5.56 Å². The number of amides is 1. The number of carboxylic acids is 1. The van der Waals surface area contributed by atoms with E-state index >= 15 is 0 Å². The van der Waals surface area contributed by atoms with Gasteiger partial charge in [0.05, 0.1) is 6.10 Å². The maximum atomic E-state index is 12.2. The van der Waals surface area contributed by atoms with E-state index in [-0.39, 0.29) is 18.5 Å². The predicted octanol–water partition coefficient (Wildman–Crippen LogP) is -0.657. The van der Waals surface area contributed by atoms with Gasteiger partial charge in [-0.1, -0.05) is 0 Å². The molecule has 1 fully saturated rings. The minimum Gasteiger partial charge on any atom is -0.480 e. The molecule has 0 spiro atoms. The van der Waals surface area contributed by atoms with E-state index in [0.29, 0.717) is 5.69 Å². The van der Waals surface area contributed by atoms with Crippen LogP contribution in [-0.4, -0.2) is 50.7 Å². The molecule has 0 bridgehead atoms. The van der Waals surface area contributed by atoms with Crippen molar-refractivity contribution < 1.29 is 19.8 Å². The van der Waals surface area contributed by atoms with E-state index in [1.165, 1.54) is 6.07 Å². The lowest BCUT2D eigenvalue weighted by Crippen LogP contribution is -2.42. The summed E-state index contributed by atoms with van der Waals surface area (Å²) in [7, 11) is 0. The molecule has 7 nitrogen and oxygen atoms in total. The van der Waals surface area contributed by atoms with Crippen LogP contribution in [-0.2, 0) is 4.79 Å². The molecule has 1 aromatic heterocycles. The first-order chi connectivity index (χ1) is 8.90. The number of carbonyl (C=O) groups excluding carboxylic acids is 1. The van der Waals surface area contributed by atoms with E-state index in [4.69, 9.17) is 5.11 Å². The highest BCUT2D eigenvalue weighted by Gasteiger charge is 2.39. The van der Waals surface area contributed by atoms with E-state index in [9.17, 15) is 19.5 Å². The van der Waals surface area contributed by atoms with Crippen molar-refractivity contribution in [2.24, 2.45) is 0 Å². The molecule has 1 amide bonds. The van der Waals surface area contributed by atoms with Gasteiger partial charge in [0, 0.05) is 18.7 Å². The number of rotatable bonds is 2. The zero-order valence-corrected chi connectivity index (χ0v) is 10.3. The summed E-state index contributed by atoms with van der Waals surface area (Å²) in [5.74, 6) is -1.86. The molecule has 1 saturated heterocycles. The van der Waals surface area contributed by atoms with Crippen LogP contribution in [0.15, 0.2) is 16.9 Å². The van der Waals surface area contributed by atoms with Gasteiger partial charge in [-0.25, -0.2) is 4.79 Å². The Kier molecular flexibility index (Phi) is 3.39. The van der Waals surface area contributed by atoms with Crippen LogP contribution in [0.4, 0.5) is 0 Å². The molecule has 102 valence electrons.